The lowest BCUT2D eigenvalue weighted by atomic mass is 9.70. The summed E-state index contributed by atoms with van der Waals surface area (Å²) in [5.74, 6) is 0. The number of hydrogen-bond acceptors (Lipinski definition) is 2. The van der Waals surface area contributed by atoms with Crippen LogP contribution in [-0.4, -0.2) is 9.13 Å². The Morgan fingerprint density at radius 1 is 0.310 bits per heavy atom. The van der Waals surface area contributed by atoms with Gasteiger partial charge in [-0.05, 0) is 136 Å². The van der Waals surface area contributed by atoms with Crippen molar-refractivity contribution in [3.63, 3.8) is 0 Å². The summed E-state index contributed by atoms with van der Waals surface area (Å²) in [5.41, 5.74) is 20.4. The van der Waals surface area contributed by atoms with Gasteiger partial charge in [0.05, 0.1) is 27.5 Å². The van der Waals surface area contributed by atoms with Gasteiger partial charge in [0.15, 0.2) is 0 Å². The van der Waals surface area contributed by atoms with Gasteiger partial charge in [0.1, 0.15) is 0 Å². The van der Waals surface area contributed by atoms with Crippen LogP contribution in [0.4, 0.5) is 17.1 Å². The van der Waals surface area contributed by atoms with Crippen LogP contribution < -0.4 is 4.90 Å². The maximum atomic E-state index is 2.50. The highest BCUT2D eigenvalue weighted by molar-refractivity contribution is 7.26. The van der Waals surface area contributed by atoms with E-state index in [1.165, 1.54) is 108 Å². The molecule has 330 valence electrons. The number of para-hydroxylation sites is 3. The summed E-state index contributed by atoms with van der Waals surface area (Å²) >= 11 is 1.90. The van der Waals surface area contributed by atoms with Gasteiger partial charge in [-0.2, -0.15) is 0 Å². The molecule has 11 aromatic carbocycles. The molecule has 71 heavy (non-hydrogen) atoms. The minimum atomic E-state index is -0.464. The molecule has 0 unspecified atom stereocenters. The molecule has 14 aromatic rings. The molecule has 3 heterocycles. The van der Waals surface area contributed by atoms with Crippen molar-refractivity contribution < 1.29 is 0 Å². The van der Waals surface area contributed by atoms with E-state index in [-0.39, 0.29) is 0 Å². The molecule has 3 nitrogen and oxygen atoms in total. The zero-order chi connectivity index (χ0) is 46.4. The highest BCUT2D eigenvalue weighted by atomic mass is 32.1. The quantitative estimate of drug-likeness (QED) is 0.168. The van der Waals surface area contributed by atoms with Crippen molar-refractivity contribution in [1.29, 1.82) is 0 Å². The van der Waals surface area contributed by atoms with E-state index in [0.29, 0.717) is 0 Å². The highest BCUT2D eigenvalue weighted by Gasteiger charge is 2.51. The second-order valence-electron chi connectivity index (χ2n) is 19.1. The topological polar surface area (TPSA) is 13.1 Å². The first kappa shape index (κ1) is 38.9. The number of hydrogen-bond donors (Lipinski definition) is 0. The molecule has 2 aliphatic carbocycles. The van der Waals surface area contributed by atoms with Crippen molar-refractivity contribution in [3.05, 3.63) is 271 Å². The molecule has 0 saturated carbocycles. The van der Waals surface area contributed by atoms with Gasteiger partial charge in [0.25, 0.3) is 0 Å². The summed E-state index contributed by atoms with van der Waals surface area (Å²) in [6.07, 6.45) is 0. The van der Waals surface area contributed by atoms with Crippen molar-refractivity contribution in [2.75, 3.05) is 4.90 Å². The fraction of sp³-hybridized carbons (Fsp3) is 0.0149. The van der Waals surface area contributed by atoms with Crippen LogP contribution in [0.25, 0.3) is 97.4 Å². The summed E-state index contributed by atoms with van der Waals surface area (Å²) in [7, 11) is 0. The molecule has 0 radical (unpaired) electrons. The lowest BCUT2D eigenvalue weighted by Gasteiger charge is -2.32. The maximum Gasteiger partial charge on any atom is 0.0726 e. The number of anilines is 3. The molecule has 0 saturated heterocycles. The summed E-state index contributed by atoms with van der Waals surface area (Å²) in [4.78, 5) is 2.48. The van der Waals surface area contributed by atoms with E-state index in [2.05, 4.69) is 263 Å². The van der Waals surface area contributed by atoms with Gasteiger partial charge in [0, 0.05) is 70.2 Å². The fourth-order valence-electron chi connectivity index (χ4n) is 12.9. The molecule has 0 bridgehead atoms. The van der Waals surface area contributed by atoms with Gasteiger partial charge < -0.3 is 14.0 Å². The van der Waals surface area contributed by atoms with Crippen LogP contribution >= 0.6 is 11.3 Å². The lowest BCUT2D eigenvalue weighted by molar-refractivity contribution is 0.793. The molecular formula is C67H41N3S. The number of benzene rings is 11. The lowest BCUT2D eigenvalue weighted by Crippen LogP contribution is -2.26. The molecule has 3 aromatic heterocycles. The van der Waals surface area contributed by atoms with E-state index in [1.54, 1.807) is 0 Å². The van der Waals surface area contributed by atoms with Crippen LogP contribution in [-0.2, 0) is 5.41 Å². The number of thiophene rings is 1. The first-order valence-electron chi connectivity index (χ1n) is 24.5. The Morgan fingerprint density at radius 2 is 0.803 bits per heavy atom. The zero-order valence-corrected chi connectivity index (χ0v) is 39.2. The van der Waals surface area contributed by atoms with Crippen molar-refractivity contribution in [1.82, 2.24) is 9.13 Å². The van der Waals surface area contributed by atoms with Crippen LogP contribution in [0.5, 0.6) is 0 Å². The minimum absolute atomic E-state index is 0.464. The normalized spacial score (nSPS) is 13.2. The highest BCUT2D eigenvalue weighted by Crippen LogP contribution is 2.63. The molecule has 0 N–H and O–H groups in total. The van der Waals surface area contributed by atoms with E-state index in [1.807, 2.05) is 11.3 Å². The van der Waals surface area contributed by atoms with E-state index in [9.17, 15) is 0 Å². The standard InChI is InChI=1S/C67H41N3S/c1-2-16-42(17-3-1)69-60-27-13-7-21-51(60)55-40-45(35-38-62(55)69)68(46-34-36-50-49-20-6-12-26-58(49)67(59(50)41-46)56-24-10-4-18-47(56)48-19-5-11-25-57(48)67)43-30-32-44(33-31-43)70-61-28-14-8-23-54(61)65-63(70)39-37-53-52-22-9-15-29-64(52)71-66(53)65/h1-41H. The third-order valence-corrected chi connectivity index (χ3v) is 16.9. The summed E-state index contributed by atoms with van der Waals surface area (Å²) in [6.45, 7) is 0. The molecule has 0 amide bonds. The van der Waals surface area contributed by atoms with Crippen molar-refractivity contribution in [2.24, 2.45) is 0 Å². The van der Waals surface area contributed by atoms with Crippen LogP contribution in [0, 0.1) is 0 Å². The van der Waals surface area contributed by atoms with E-state index >= 15 is 0 Å². The van der Waals surface area contributed by atoms with Crippen molar-refractivity contribution in [3.8, 4) is 33.6 Å². The van der Waals surface area contributed by atoms with Crippen molar-refractivity contribution >= 4 is 92.2 Å². The minimum Gasteiger partial charge on any atom is -0.310 e. The molecular weight excluding hydrogens is 879 g/mol. The van der Waals surface area contributed by atoms with Crippen LogP contribution in [0.1, 0.15) is 22.3 Å². The van der Waals surface area contributed by atoms with E-state index < -0.39 is 5.41 Å². The fourth-order valence-corrected chi connectivity index (χ4v) is 14.1. The number of nitrogens with zero attached hydrogens (tertiary/aromatic N) is 3. The van der Waals surface area contributed by atoms with Crippen LogP contribution in [0.2, 0.25) is 0 Å². The van der Waals surface area contributed by atoms with Gasteiger partial charge in [-0.25, -0.2) is 0 Å². The molecule has 0 fully saturated rings. The first-order valence-corrected chi connectivity index (χ1v) is 25.3. The first-order chi connectivity index (χ1) is 35.2. The van der Waals surface area contributed by atoms with Gasteiger partial charge in [-0.3, -0.25) is 0 Å². The molecule has 2 aliphatic rings. The van der Waals surface area contributed by atoms with Crippen LogP contribution in [0.15, 0.2) is 249 Å². The van der Waals surface area contributed by atoms with Gasteiger partial charge in [0.2, 0.25) is 0 Å². The third-order valence-electron chi connectivity index (χ3n) is 15.7. The number of rotatable bonds is 5. The predicted octanol–water partition coefficient (Wildman–Crippen LogP) is 18.1. The van der Waals surface area contributed by atoms with E-state index in [0.717, 1.165) is 28.4 Å². The Kier molecular flexibility index (Phi) is 7.97. The Hall–Kier alpha value is -8.96. The Balaban J connectivity index is 0.929. The summed E-state index contributed by atoms with van der Waals surface area (Å²) in [5, 5.41) is 7.67. The summed E-state index contributed by atoms with van der Waals surface area (Å²) < 4.78 is 7.52. The zero-order valence-electron chi connectivity index (χ0n) is 38.4. The van der Waals surface area contributed by atoms with E-state index in [4.69, 9.17) is 0 Å². The largest absolute Gasteiger partial charge is 0.310 e. The summed E-state index contributed by atoms with van der Waals surface area (Å²) in [6, 6.07) is 92.7. The maximum absolute atomic E-state index is 2.50. The third kappa shape index (κ3) is 5.21. The molecule has 1 spiro atoms. The SMILES string of the molecule is c1ccc(-n2c3ccccc3c3cc(N(c4ccc(-n5c6ccccc6c6c7sc8ccccc8c7ccc65)cc4)c4ccc5c(c4)C4(c6ccccc6-c6ccccc64)c4ccccc4-5)ccc32)cc1. The Bertz CT molecular complexity index is 4470. The van der Waals surface area contributed by atoms with Gasteiger partial charge >= 0.3 is 0 Å². The molecule has 4 heteroatoms. The monoisotopic (exact) mass is 919 g/mol. The number of aromatic nitrogens is 2. The van der Waals surface area contributed by atoms with Gasteiger partial charge in [-0.15, -0.1) is 11.3 Å². The molecule has 0 atom stereocenters. The van der Waals surface area contributed by atoms with Crippen LogP contribution in [0.3, 0.4) is 0 Å². The predicted molar refractivity (Wildman–Crippen MR) is 299 cm³/mol. The number of fused-ring (bicyclic) bond motifs is 20. The van der Waals surface area contributed by atoms with Crippen molar-refractivity contribution in [2.45, 2.75) is 5.41 Å². The second-order valence-corrected chi connectivity index (χ2v) is 20.2. The van der Waals surface area contributed by atoms with Gasteiger partial charge in [-0.1, -0.05) is 158 Å². The Morgan fingerprint density at radius 3 is 1.52 bits per heavy atom. The molecule has 16 rings (SSSR count). The average molecular weight is 920 g/mol. The second kappa shape index (κ2) is 14.5. The Labute approximate surface area is 414 Å². The average Bonchev–Trinajstić information content (AvgIpc) is 4.23. The smallest absolute Gasteiger partial charge is 0.0726 e. The molecule has 0 aliphatic heterocycles.